The van der Waals surface area contributed by atoms with E-state index in [-0.39, 0.29) is 11.5 Å². The highest BCUT2D eigenvalue weighted by Crippen LogP contribution is 2.33. The monoisotopic (exact) mass is 332 g/mol. The number of carbonyl (C=O) groups excluding carboxylic acids is 1. The van der Waals surface area contributed by atoms with E-state index in [1.165, 1.54) is 12.1 Å². The van der Waals surface area contributed by atoms with Crippen LogP contribution in [0.4, 0.5) is 4.39 Å². The summed E-state index contributed by atoms with van der Waals surface area (Å²) >= 11 is 0. The second-order valence-corrected chi connectivity index (χ2v) is 7.20. The zero-order valence-corrected chi connectivity index (χ0v) is 13.1. The minimum absolute atomic E-state index is 0.0285. The van der Waals surface area contributed by atoms with Crippen LogP contribution in [0.2, 0.25) is 0 Å². The Bertz CT molecular complexity index is 915. The van der Waals surface area contributed by atoms with E-state index in [2.05, 4.69) is 0 Å². The summed E-state index contributed by atoms with van der Waals surface area (Å²) < 4.78 is 42.2. The maximum Gasteiger partial charge on any atom is 0.339 e. The van der Waals surface area contributed by atoms with Crippen molar-refractivity contribution in [2.45, 2.75) is 4.90 Å². The molecule has 4 nitrogen and oxygen atoms in total. The first kappa shape index (κ1) is 15.4. The quantitative estimate of drug-likeness (QED) is 0.811. The van der Waals surface area contributed by atoms with Crippen LogP contribution in [0.5, 0.6) is 0 Å². The normalized spacial score (nSPS) is 15.0. The number of benzene rings is 2. The van der Waals surface area contributed by atoms with Gasteiger partial charge in [-0.25, -0.2) is 17.6 Å². The van der Waals surface area contributed by atoms with Gasteiger partial charge < -0.3 is 4.74 Å². The fraction of sp³-hybridized carbons (Fsp3) is 0.118. The van der Waals surface area contributed by atoms with Gasteiger partial charge in [-0.05, 0) is 23.3 Å². The first-order valence-corrected chi connectivity index (χ1v) is 8.73. The minimum Gasteiger partial charge on any atom is -0.457 e. The molecule has 0 amide bonds. The SMILES string of the molecule is CS(=O)(=O)c1ccc(C2=C(c3ccccc3)C(=O)OC2)cc1F. The first-order valence-electron chi connectivity index (χ1n) is 6.83. The molecule has 0 fully saturated rings. The van der Waals surface area contributed by atoms with Crippen molar-refractivity contribution in [3.8, 4) is 0 Å². The molecule has 0 aliphatic carbocycles. The van der Waals surface area contributed by atoms with Crippen LogP contribution in [-0.2, 0) is 19.4 Å². The van der Waals surface area contributed by atoms with Crippen molar-refractivity contribution in [1.82, 2.24) is 0 Å². The van der Waals surface area contributed by atoms with Gasteiger partial charge in [-0.3, -0.25) is 0 Å². The standard InChI is InChI=1S/C17H13FO4S/c1-23(20,21)15-8-7-12(9-14(15)18)13-10-22-17(19)16(13)11-5-3-2-4-6-11/h2-9H,10H2,1H3. The Morgan fingerprint density at radius 3 is 2.35 bits per heavy atom. The lowest BCUT2D eigenvalue weighted by atomic mass is 9.97. The Balaban J connectivity index is 2.15. The largest absolute Gasteiger partial charge is 0.457 e. The van der Waals surface area contributed by atoms with Crippen LogP contribution in [0, 0.1) is 5.82 Å². The van der Waals surface area contributed by atoms with Crippen molar-refractivity contribution in [1.29, 1.82) is 0 Å². The second kappa shape index (κ2) is 5.62. The smallest absolute Gasteiger partial charge is 0.339 e. The van der Waals surface area contributed by atoms with E-state index in [9.17, 15) is 17.6 Å². The minimum atomic E-state index is -3.64. The van der Waals surface area contributed by atoms with Crippen molar-refractivity contribution >= 4 is 27.0 Å². The molecule has 0 aromatic heterocycles. The van der Waals surface area contributed by atoms with E-state index in [0.29, 0.717) is 22.3 Å². The summed E-state index contributed by atoms with van der Waals surface area (Å²) in [5.74, 6) is -1.32. The average molecular weight is 332 g/mol. The predicted octanol–water partition coefficient (Wildman–Crippen LogP) is 2.70. The van der Waals surface area contributed by atoms with Crippen molar-refractivity contribution in [2.75, 3.05) is 12.9 Å². The van der Waals surface area contributed by atoms with Gasteiger partial charge >= 0.3 is 5.97 Å². The van der Waals surface area contributed by atoms with Crippen molar-refractivity contribution < 1.29 is 22.3 Å². The van der Waals surface area contributed by atoms with Gasteiger partial charge in [0.15, 0.2) is 9.84 Å². The van der Waals surface area contributed by atoms with Crippen LogP contribution >= 0.6 is 0 Å². The predicted molar refractivity (Wildman–Crippen MR) is 83.7 cm³/mol. The molecule has 3 rings (SSSR count). The Hall–Kier alpha value is -2.47. The molecular weight excluding hydrogens is 319 g/mol. The molecule has 0 N–H and O–H groups in total. The number of hydrogen-bond donors (Lipinski definition) is 0. The summed E-state index contributed by atoms with van der Waals surface area (Å²) in [7, 11) is -3.64. The van der Waals surface area contributed by atoms with Crippen molar-refractivity contribution in [2.24, 2.45) is 0 Å². The average Bonchev–Trinajstić information content (AvgIpc) is 2.88. The molecule has 0 spiro atoms. The fourth-order valence-electron chi connectivity index (χ4n) is 2.52. The zero-order valence-electron chi connectivity index (χ0n) is 12.2. The van der Waals surface area contributed by atoms with Crippen molar-refractivity contribution in [3.63, 3.8) is 0 Å². The van der Waals surface area contributed by atoms with Crippen LogP contribution in [-0.4, -0.2) is 27.2 Å². The van der Waals surface area contributed by atoms with Gasteiger partial charge in [0.25, 0.3) is 0 Å². The third-order valence-corrected chi connectivity index (χ3v) is 4.73. The Labute approximate surface area is 133 Å². The van der Waals surface area contributed by atoms with Crippen LogP contribution < -0.4 is 0 Å². The number of halogens is 1. The second-order valence-electron chi connectivity index (χ2n) is 5.21. The van der Waals surface area contributed by atoms with E-state index >= 15 is 0 Å². The maximum absolute atomic E-state index is 14.1. The van der Waals surface area contributed by atoms with E-state index in [1.54, 1.807) is 24.3 Å². The van der Waals surface area contributed by atoms with Gasteiger partial charge in [0.05, 0.1) is 5.57 Å². The number of carbonyl (C=O) groups is 1. The molecule has 2 aromatic carbocycles. The number of esters is 1. The molecule has 0 saturated heterocycles. The molecule has 0 unspecified atom stereocenters. The molecular formula is C17H13FO4S. The van der Waals surface area contributed by atoms with Gasteiger partial charge in [-0.15, -0.1) is 0 Å². The van der Waals surface area contributed by atoms with Gasteiger partial charge in [0.2, 0.25) is 0 Å². The highest BCUT2D eigenvalue weighted by molar-refractivity contribution is 7.90. The van der Waals surface area contributed by atoms with Crippen LogP contribution in [0.3, 0.4) is 0 Å². The summed E-state index contributed by atoms with van der Waals surface area (Å²) in [5.41, 5.74) is 2.02. The molecule has 6 heteroatoms. The Kier molecular flexibility index (Phi) is 3.77. The fourth-order valence-corrected chi connectivity index (χ4v) is 3.25. The van der Waals surface area contributed by atoms with Gasteiger partial charge in [0, 0.05) is 11.8 Å². The molecule has 0 bridgehead atoms. The van der Waals surface area contributed by atoms with Crippen LogP contribution in [0.25, 0.3) is 11.1 Å². The lowest BCUT2D eigenvalue weighted by molar-refractivity contribution is -0.133. The van der Waals surface area contributed by atoms with Crippen LogP contribution in [0.15, 0.2) is 53.4 Å². The highest BCUT2D eigenvalue weighted by Gasteiger charge is 2.28. The third-order valence-electron chi connectivity index (χ3n) is 3.60. The van der Waals surface area contributed by atoms with Crippen molar-refractivity contribution in [3.05, 3.63) is 65.5 Å². The molecule has 0 atom stereocenters. The molecule has 1 aliphatic heterocycles. The van der Waals surface area contributed by atoms with Gasteiger partial charge in [0.1, 0.15) is 17.3 Å². The number of rotatable bonds is 3. The van der Waals surface area contributed by atoms with Crippen LogP contribution in [0.1, 0.15) is 11.1 Å². The lowest BCUT2D eigenvalue weighted by Gasteiger charge is -2.07. The molecule has 0 radical (unpaired) electrons. The number of sulfone groups is 1. The summed E-state index contributed by atoms with van der Waals surface area (Å²) in [6.07, 6.45) is 0.946. The number of cyclic esters (lactones) is 1. The summed E-state index contributed by atoms with van der Waals surface area (Å²) in [6, 6.07) is 12.8. The van der Waals surface area contributed by atoms with E-state index < -0.39 is 21.6 Å². The van der Waals surface area contributed by atoms with E-state index in [4.69, 9.17) is 4.74 Å². The number of hydrogen-bond acceptors (Lipinski definition) is 4. The Morgan fingerprint density at radius 2 is 1.74 bits per heavy atom. The molecule has 23 heavy (non-hydrogen) atoms. The third kappa shape index (κ3) is 2.90. The summed E-state index contributed by atoms with van der Waals surface area (Å²) in [4.78, 5) is 11.6. The van der Waals surface area contributed by atoms with E-state index in [1.807, 2.05) is 6.07 Å². The molecule has 118 valence electrons. The first-order chi connectivity index (χ1) is 10.9. The Morgan fingerprint density at radius 1 is 1.04 bits per heavy atom. The number of ether oxygens (including phenoxy) is 1. The molecule has 0 saturated carbocycles. The maximum atomic E-state index is 14.1. The molecule has 2 aromatic rings. The van der Waals surface area contributed by atoms with Gasteiger partial charge in [-0.2, -0.15) is 0 Å². The van der Waals surface area contributed by atoms with Gasteiger partial charge in [-0.1, -0.05) is 36.4 Å². The lowest BCUT2D eigenvalue weighted by Crippen LogP contribution is -2.02. The summed E-state index contributed by atoms with van der Waals surface area (Å²) in [6.45, 7) is 0.0285. The molecule has 1 aliphatic rings. The summed E-state index contributed by atoms with van der Waals surface area (Å²) in [5, 5.41) is 0. The highest BCUT2D eigenvalue weighted by atomic mass is 32.2. The van der Waals surface area contributed by atoms with E-state index in [0.717, 1.165) is 12.3 Å². The zero-order chi connectivity index (χ0) is 16.6. The topological polar surface area (TPSA) is 60.4 Å². The molecule has 1 heterocycles.